The molecule has 0 radical (unpaired) electrons. The smallest absolute Gasteiger partial charge is 0.304 e. The molecule has 148 valence electrons. The van der Waals surface area contributed by atoms with Gasteiger partial charge in [0.05, 0.1) is 28.9 Å². The maximum absolute atomic E-state index is 13.6. The minimum atomic E-state index is -4.61. The summed E-state index contributed by atoms with van der Waals surface area (Å²) in [4.78, 5) is 21.9. The van der Waals surface area contributed by atoms with Gasteiger partial charge in [0.1, 0.15) is 0 Å². The van der Waals surface area contributed by atoms with E-state index in [0.29, 0.717) is 9.39 Å². The molecule has 0 bridgehead atoms. The first-order chi connectivity index (χ1) is 13.3. The van der Waals surface area contributed by atoms with Gasteiger partial charge in [0, 0.05) is 26.2 Å². The Morgan fingerprint density at radius 2 is 2.00 bits per heavy atom. The lowest BCUT2D eigenvalue weighted by atomic mass is 10.2. The van der Waals surface area contributed by atoms with Gasteiger partial charge in [-0.3, -0.25) is 9.69 Å². The third kappa shape index (κ3) is 3.67. The largest absolute Gasteiger partial charge is 0.433 e. The molecule has 0 saturated carbocycles. The predicted molar refractivity (Wildman–Crippen MR) is 99.6 cm³/mol. The lowest BCUT2D eigenvalue weighted by Gasteiger charge is -2.31. The number of nitrogens with zero attached hydrogens (tertiary/aromatic N) is 5. The van der Waals surface area contributed by atoms with Crippen molar-refractivity contribution in [1.82, 2.24) is 24.4 Å². The summed E-state index contributed by atoms with van der Waals surface area (Å²) >= 11 is 1.29. The Balaban J connectivity index is 1.73. The predicted octanol–water partition coefficient (Wildman–Crippen LogP) is 2.91. The van der Waals surface area contributed by atoms with Crippen LogP contribution < -0.4 is 0 Å². The van der Waals surface area contributed by atoms with Crippen molar-refractivity contribution in [2.75, 3.05) is 39.8 Å². The number of carbonyl (C=O) groups is 1. The SMILES string of the molecule is CN1CCN(CC(=O)c2cnn3c(C(F)(F)F)cc(-c4cccs4)nc23)CC1. The molecule has 4 heterocycles. The van der Waals surface area contributed by atoms with E-state index in [9.17, 15) is 18.0 Å². The number of aromatic nitrogens is 3. The lowest BCUT2D eigenvalue weighted by molar-refractivity contribution is -0.142. The van der Waals surface area contributed by atoms with Crippen LogP contribution in [0.15, 0.2) is 29.8 Å². The number of likely N-dealkylation sites (N-methyl/N-ethyl adjacent to an activating group) is 1. The van der Waals surface area contributed by atoms with Crippen LogP contribution in [0.2, 0.25) is 0 Å². The van der Waals surface area contributed by atoms with Crippen LogP contribution in [0, 0.1) is 0 Å². The van der Waals surface area contributed by atoms with E-state index in [4.69, 9.17) is 0 Å². The molecule has 0 amide bonds. The van der Waals surface area contributed by atoms with E-state index in [-0.39, 0.29) is 29.2 Å². The number of thiophene rings is 1. The Bertz CT molecular complexity index is 991. The molecule has 28 heavy (non-hydrogen) atoms. The molecule has 4 rings (SSSR count). The molecule has 0 unspecified atom stereocenters. The van der Waals surface area contributed by atoms with Gasteiger partial charge < -0.3 is 4.90 Å². The fourth-order valence-corrected chi connectivity index (χ4v) is 3.89. The van der Waals surface area contributed by atoms with Crippen molar-refractivity contribution in [2.45, 2.75) is 6.18 Å². The molecule has 0 N–H and O–H groups in total. The molecule has 0 atom stereocenters. The van der Waals surface area contributed by atoms with Gasteiger partial charge in [-0.15, -0.1) is 11.3 Å². The topological polar surface area (TPSA) is 53.7 Å². The standard InChI is InChI=1S/C18H18F3N5OS/c1-24-4-6-25(7-5-24)11-14(27)12-10-22-26-16(18(19,20)21)9-13(23-17(12)26)15-3-2-8-28-15/h2-3,8-10H,4-7,11H2,1H3. The van der Waals surface area contributed by atoms with Crippen molar-refractivity contribution in [2.24, 2.45) is 0 Å². The summed E-state index contributed by atoms with van der Waals surface area (Å²) in [5.41, 5.74) is -0.705. The fourth-order valence-electron chi connectivity index (χ4n) is 3.21. The Morgan fingerprint density at radius 1 is 1.25 bits per heavy atom. The van der Waals surface area contributed by atoms with E-state index in [0.717, 1.165) is 32.2 Å². The lowest BCUT2D eigenvalue weighted by Crippen LogP contribution is -2.46. The van der Waals surface area contributed by atoms with Gasteiger partial charge in [-0.1, -0.05) is 6.07 Å². The Hall–Kier alpha value is -2.30. The van der Waals surface area contributed by atoms with E-state index in [1.54, 1.807) is 17.5 Å². The number of fused-ring (bicyclic) bond motifs is 1. The Kier molecular flexibility index (Phi) is 4.94. The third-order valence-corrected chi connectivity index (χ3v) is 5.69. The van der Waals surface area contributed by atoms with Crippen molar-refractivity contribution in [3.8, 4) is 10.6 Å². The molecule has 1 saturated heterocycles. The first-order valence-corrected chi connectivity index (χ1v) is 9.65. The number of carbonyl (C=O) groups excluding carboxylic acids is 1. The molecule has 1 fully saturated rings. The summed E-state index contributed by atoms with van der Waals surface area (Å²) in [7, 11) is 2.01. The average molecular weight is 409 g/mol. The van der Waals surface area contributed by atoms with Crippen LogP contribution in [0.1, 0.15) is 16.1 Å². The van der Waals surface area contributed by atoms with Crippen molar-refractivity contribution in [3.63, 3.8) is 0 Å². The number of Topliss-reactive ketones (excluding diaryl/α,β-unsaturated/α-hetero) is 1. The monoisotopic (exact) mass is 409 g/mol. The van der Waals surface area contributed by atoms with Crippen molar-refractivity contribution in [1.29, 1.82) is 0 Å². The highest BCUT2D eigenvalue weighted by molar-refractivity contribution is 7.13. The van der Waals surface area contributed by atoms with Crippen LogP contribution in [0.5, 0.6) is 0 Å². The molecule has 10 heteroatoms. The number of hydrogen-bond donors (Lipinski definition) is 0. The van der Waals surface area contributed by atoms with Gasteiger partial charge in [-0.2, -0.15) is 18.3 Å². The highest BCUT2D eigenvalue weighted by atomic mass is 32.1. The molecule has 0 aliphatic carbocycles. The van der Waals surface area contributed by atoms with Crippen LogP contribution in [0.25, 0.3) is 16.2 Å². The molecule has 0 spiro atoms. The molecule has 1 aliphatic rings. The van der Waals surface area contributed by atoms with E-state index >= 15 is 0 Å². The zero-order valence-corrected chi connectivity index (χ0v) is 15.9. The van der Waals surface area contributed by atoms with E-state index in [2.05, 4.69) is 15.0 Å². The summed E-state index contributed by atoms with van der Waals surface area (Å²) in [6.07, 6.45) is -3.43. The van der Waals surface area contributed by atoms with E-state index in [1.165, 1.54) is 17.5 Å². The molecule has 3 aromatic heterocycles. The fraction of sp³-hybridized carbons (Fsp3) is 0.389. The minimum Gasteiger partial charge on any atom is -0.304 e. The van der Waals surface area contributed by atoms with Crippen LogP contribution >= 0.6 is 11.3 Å². The number of rotatable bonds is 4. The number of alkyl halides is 3. The summed E-state index contributed by atoms with van der Waals surface area (Å²) in [5, 5.41) is 5.59. The van der Waals surface area contributed by atoms with Crippen molar-refractivity contribution < 1.29 is 18.0 Å². The maximum atomic E-state index is 13.6. The van der Waals surface area contributed by atoms with Gasteiger partial charge in [0.25, 0.3) is 0 Å². The number of ketones is 1. The molecule has 3 aromatic rings. The molecular formula is C18H18F3N5OS. The zero-order chi connectivity index (χ0) is 19.9. The second-order valence-electron chi connectivity index (χ2n) is 6.80. The van der Waals surface area contributed by atoms with Crippen molar-refractivity contribution >= 4 is 22.8 Å². The summed E-state index contributed by atoms with van der Waals surface area (Å²) < 4.78 is 41.4. The van der Waals surface area contributed by atoms with Crippen LogP contribution in [-0.2, 0) is 6.18 Å². The Morgan fingerprint density at radius 3 is 2.64 bits per heavy atom. The summed E-state index contributed by atoms with van der Waals surface area (Å²) in [6.45, 7) is 3.32. The third-order valence-electron chi connectivity index (χ3n) is 4.80. The number of hydrogen-bond acceptors (Lipinski definition) is 6. The number of halogens is 3. The number of piperazine rings is 1. The quantitative estimate of drug-likeness (QED) is 0.621. The first kappa shape index (κ1) is 19.0. The van der Waals surface area contributed by atoms with Crippen molar-refractivity contribution in [3.05, 3.63) is 41.0 Å². The minimum absolute atomic E-state index is 0.0580. The first-order valence-electron chi connectivity index (χ1n) is 8.77. The van der Waals surface area contributed by atoms with E-state index < -0.39 is 11.9 Å². The summed E-state index contributed by atoms with van der Waals surface area (Å²) in [5.74, 6) is -0.275. The van der Waals surface area contributed by atoms with Gasteiger partial charge in [-0.05, 0) is 24.6 Å². The van der Waals surface area contributed by atoms with Crippen LogP contribution in [0.3, 0.4) is 0 Å². The normalized spacial score (nSPS) is 16.7. The molecular weight excluding hydrogens is 391 g/mol. The maximum Gasteiger partial charge on any atom is 0.433 e. The van der Waals surface area contributed by atoms with Gasteiger partial charge in [-0.25, -0.2) is 9.50 Å². The molecule has 1 aliphatic heterocycles. The Labute approximate surface area is 163 Å². The van der Waals surface area contributed by atoms with Gasteiger partial charge in [0.15, 0.2) is 17.1 Å². The van der Waals surface area contributed by atoms with Crippen LogP contribution in [-0.4, -0.2) is 70.0 Å². The highest BCUT2D eigenvalue weighted by Gasteiger charge is 2.36. The zero-order valence-electron chi connectivity index (χ0n) is 15.1. The second kappa shape index (κ2) is 7.26. The van der Waals surface area contributed by atoms with Gasteiger partial charge >= 0.3 is 6.18 Å². The van der Waals surface area contributed by atoms with E-state index in [1.807, 2.05) is 11.9 Å². The average Bonchev–Trinajstić information content (AvgIpc) is 3.31. The second-order valence-corrected chi connectivity index (χ2v) is 7.75. The molecule has 0 aromatic carbocycles. The van der Waals surface area contributed by atoms with Gasteiger partial charge in [0.2, 0.25) is 0 Å². The molecule has 6 nitrogen and oxygen atoms in total. The summed E-state index contributed by atoms with van der Waals surface area (Å²) in [6, 6.07) is 4.42. The highest BCUT2D eigenvalue weighted by Crippen LogP contribution is 2.33. The van der Waals surface area contributed by atoms with Crippen LogP contribution in [0.4, 0.5) is 13.2 Å².